The first-order valence-corrected chi connectivity index (χ1v) is 8.25. The number of nitrogens with one attached hydrogen (secondary N) is 1. The van der Waals surface area contributed by atoms with Crippen LogP contribution in [0.2, 0.25) is 0 Å². The average Bonchev–Trinajstić information content (AvgIpc) is 2.85. The van der Waals surface area contributed by atoms with Crippen LogP contribution in [0.3, 0.4) is 0 Å². The molecule has 1 aromatic carbocycles. The first kappa shape index (κ1) is 15.9. The van der Waals surface area contributed by atoms with Gasteiger partial charge in [-0.25, -0.2) is 13.1 Å². The Morgan fingerprint density at radius 2 is 2.00 bits per heavy atom. The molecule has 7 heteroatoms. The Bertz CT molecular complexity index is 596. The van der Waals surface area contributed by atoms with Gasteiger partial charge in [-0.05, 0) is 37.0 Å². The summed E-state index contributed by atoms with van der Waals surface area (Å²) in [6.45, 7) is 0. The zero-order valence-electron chi connectivity index (χ0n) is 11.8. The van der Waals surface area contributed by atoms with Crippen LogP contribution in [0.25, 0.3) is 0 Å². The van der Waals surface area contributed by atoms with Gasteiger partial charge in [0.05, 0.1) is 17.4 Å². The Balaban J connectivity index is 2.04. The van der Waals surface area contributed by atoms with Gasteiger partial charge in [0.1, 0.15) is 0 Å². The van der Waals surface area contributed by atoms with Crippen molar-refractivity contribution in [3.05, 3.63) is 29.8 Å². The zero-order chi connectivity index (χ0) is 15.5. The van der Waals surface area contributed by atoms with Crippen molar-refractivity contribution in [2.75, 3.05) is 7.11 Å². The molecule has 0 heterocycles. The molecule has 2 atom stereocenters. The molecule has 116 valence electrons. The van der Waals surface area contributed by atoms with Crippen molar-refractivity contribution < 1.29 is 23.1 Å². The molecular formula is C14H19NO5S. The second-order valence-corrected chi connectivity index (χ2v) is 6.92. The number of ether oxygens (including phenoxy) is 1. The second-order valence-electron chi connectivity index (χ2n) is 5.20. The lowest BCUT2D eigenvalue weighted by Crippen LogP contribution is -2.33. The van der Waals surface area contributed by atoms with E-state index in [1.807, 2.05) is 0 Å². The molecule has 0 aliphatic heterocycles. The largest absolute Gasteiger partial charge is 0.481 e. The van der Waals surface area contributed by atoms with Crippen LogP contribution in [0.1, 0.15) is 24.8 Å². The Labute approximate surface area is 124 Å². The van der Waals surface area contributed by atoms with Crippen LogP contribution in [0, 0.1) is 0 Å². The van der Waals surface area contributed by atoms with E-state index < -0.39 is 16.0 Å². The van der Waals surface area contributed by atoms with Gasteiger partial charge in [0.25, 0.3) is 0 Å². The van der Waals surface area contributed by atoms with Gasteiger partial charge in [0.15, 0.2) is 0 Å². The summed E-state index contributed by atoms with van der Waals surface area (Å²) in [4.78, 5) is 10.7. The third kappa shape index (κ3) is 4.26. The number of rotatable bonds is 6. The van der Waals surface area contributed by atoms with Gasteiger partial charge in [-0.2, -0.15) is 0 Å². The standard InChI is InChI=1S/C14H19NO5S/c1-20-12-5-4-11(9-12)15-21(18,19)13-6-2-10(3-7-13)8-14(16)17/h2-3,6-7,11-12,15H,4-5,8-9H2,1H3,(H,16,17). The summed E-state index contributed by atoms with van der Waals surface area (Å²) in [7, 11) is -1.95. The van der Waals surface area contributed by atoms with Crippen LogP contribution in [0.5, 0.6) is 0 Å². The summed E-state index contributed by atoms with van der Waals surface area (Å²) in [5.74, 6) is -0.944. The van der Waals surface area contributed by atoms with Crippen LogP contribution in [-0.4, -0.2) is 38.7 Å². The molecule has 1 aliphatic rings. The topological polar surface area (TPSA) is 92.7 Å². The number of aliphatic carboxylic acids is 1. The average molecular weight is 313 g/mol. The Morgan fingerprint density at radius 1 is 1.33 bits per heavy atom. The molecule has 0 saturated heterocycles. The summed E-state index contributed by atoms with van der Waals surface area (Å²) in [5, 5.41) is 8.69. The zero-order valence-corrected chi connectivity index (χ0v) is 12.6. The van der Waals surface area contributed by atoms with Crippen molar-refractivity contribution in [2.24, 2.45) is 0 Å². The maximum Gasteiger partial charge on any atom is 0.307 e. The molecular weight excluding hydrogens is 294 g/mol. The third-order valence-electron chi connectivity index (χ3n) is 3.63. The van der Waals surface area contributed by atoms with E-state index in [2.05, 4.69) is 4.72 Å². The quantitative estimate of drug-likeness (QED) is 0.822. The molecule has 0 spiro atoms. The number of carboxylic acid groups (broad SMARTS) is 1. The summed E-state index contributed by atoms with van der Waals surface area (Å²) >= 11 is 0. The number of carbonyl (C=O) groups is 1. The fraction of sp³-hybridized carbons (Fsp3) is 0.500. The highest BCUT2D eigenvalue weighted by Gasteiger charge is 2.28. The van der Waals surface area contributed by atoms with Crippen molar-refractivity contribution in [2.45, 2.75) is 42.7 Å². The minimum absolute atomic E-state index is 0.107. The van der Waals surface area contributed by atoms with E-state index >= 15 is 0 Å². The van der Waals surface area contributed by atoms with Gasteiger partial charge >= 0.3 is 5.97 Å². The van der Waals surface area contributed by atoms with E-state index in [-0.39, 0.29) is 23.5 Å². The van der Waals surface area contributed by atoms with Crippen LogP contribution in [-0.2, 0) is 26.0 Å². The maximum atomic E-state index is 12.2. The highest BCUT2D eigenvalue weighted by atomic mass is 32.2. The van der Waals surface area contributed by atoms with Crippen LogP contribution >= 0.6 is 0 Å². The third-order valence-corrected chi connectivity index (χ3v) is 5.17. The minimum Gasteiger partial charge on any atom is -0.481 e. The van der Waals surface area contributed by atoms with E-state index in [9.17, 15) is 13.2 Å². The van der Waals surface area contributed by atoms with E-state index in [0.29, 0.717) is 12.0 Å². The highest BCUT2D eigenvalue weighted by molar-refractivity contribution is 7.89. The van der Waals surface area contributed by atoms with Gasteiger partial charge < -0.3 is 9.84 Å². The lowest BCUT2D eigenvalue weighted by molar-refractivity contribution is -0.136. The SMILES string of the molecule is COC1CCC(NS(=O)(=O)c2ccc(CC(=O)O)cc2)C1. The van der Waals surface area contributed by atoms with Crippen molar-refractivity contribution in [3.63, 3.8) is 0 Å². The molecule has 2 unspecified atom stereocenters. The van der Waals surface area contributed by atoms with Crippen molar-refractivity contribution in [1.82, 2.24) is 4.72 Å². The summed E-state index contributed by atoms with van der Waals surface area (Å²) < 4.78 is 32.4. The number of benzene rings is 1. The predicted molar refractivity (Wildman–Crippen MR) is 76.5 cm³/mol. The molecule has 2 rings (SSSR count). The smallest absolute Gasteiger partial charge is 0.307 e. The minimum atomic E-state index is -3.57. The van der Waals surface area contributed by atoms with Crippen LogP contribution < -0.4 is 4.72 Å². The molecule has 1 fully saturated rings. The normalized spacial score (nSPS) is 22.3. The molecule has 0 amide bonds. The molecule has 1 aliphatic carbocycles. The first-order chi connectivity index (χ1) is 9.90. The van der Waals surface area contributed by atoms with Gasteiger partial charge in [-0.1, -0.05) is 12.1 Å². The van der Waals surface area contributed by atoms with Crippen LogP contribution in [0.4, 0.5) is 0 Å². The summed E-state index contributed by atoms with van der Waals surface area (Å²) in [6.07, 6.45) is 2.27. The summed E-state index contributed by atoms with van der Waals surface area (Å²) in [5.41, 5.74) is 0.571. The number of hydrogen-bond acceptors (Lipinski definition) is 4. The second kappa shape index (κ2) is 6.55. The Morgan fingerprint density at radius 3 is 2.52 bits per heavy atom. The lowest BCUT2D eigenvalue weighted by atomic mass is 10.2. The van der Waals surface area contributed by atoms with E-state index in [1.165, 1.54) is 24.3 Å². The fourth-order valence-electron chi connectivity index (χ4n) is 2.51. The Hall–Kier alpha value is -1.44. The lowest BCUT2D eigenvalue weighted by Gasteiger charge is -2.13. The molecule has 1 aromatic rings. The fourth-order valence-corrected chi connectivity index (χ4v) is 3.79. The summed E-state index contributed by atoms with van der Waals surface area (Å²) in [6, 6.07) is 5.80. The molecule has 0 bridgehead atoms. The molecule has 6 nitrogen and oxygen atoms in total. The number of methoxy groups -OCH3 is 1. The number of sulfonamides is 1. The van der Waals surface area contributed by atoms with Crippen molar-refractivity contribution in [3.8, 4) is 0 Å². The molecule has 0 radical (unpaired) electrons. The monoisotopic (exact) mass is 313 g/mol. The Kier molecular flexibility index (Phi) is 4.97. The van der Waals surface area contributed by atoms with E-state index in [1.54, 1.807) is 7.11 Å². The maximum absolute atomic E-state index is 12.2. The van der Waals surface area contributed by atoms with Crippen molar-refractivity contribution in [1.29, 1.82) is 0 Å². The predicted octanol–water partition coefficient (Wildman–Crippen LogP) is 1.16. The van der Waals surface area contributed by atoms with Gasteiger partial charge in [0.2, 0.25) is 10.0 Å². The van der Waals surface area contributed by atoms with Gasteiger partial charge in [-0.15, -0.1) is 0 Å². The van der Waals surface area contributed by atoms with Crippen molar-refractivity contribution >= 4 is 16.0 Å². The van der Waals surface area contributed by atoms with E-state index in [4.69, 9.17) is 9.84 Å². The first-order valence-electron chi connectivity index (χ1n) is 6.76. The van der Waals surface area contributed by atoms with Gasteiger partial charge in [-0.3, -0.25) is 4.79 Å². The number of carboxylic acids is 1. The molecule has 21 heavy (non-hydrogen) atoms. The van der Waals surface area contributed by atoms with Crippen LogP contribution in [0.15, 0.2) is 29.2 Å². The molecule has 2 N–H and O–H groups in total. The highest BCUT2D eigenvalue weighted by Crippen LogP contribution is 2.23. The van der Waals surface area contributed by atoms with E-state index in [0.717, 1.165) is 12.8 Å². The molecule has 1 saturated carbocycles. The molecule has 0 aromatic heterocycles. The van der Waals surface area contributed by atoms with Gasteiger partial charge in [0, 0.05) is 13.2 Å². The number of hydrogen-bond donors (Lipinski definition) is 2.